The monoisotopic (exact) mass is 1010 g/mol. The molecule has 0 fully saturated rings. The standard InChI is InChI=1S/C15H14N2.C14H11FN2.C11H11FN2.C11H12N2.Pt/c1-16-13-8-4-5-9-14(13)17-12-7-3-2-6-11(12)10-15(16)17;1-16-10-17(12-8-6-11(15)7-9-12)14-5-3-2-4-13(14)16;1-13-4-5-14-10-3-2-9(12)6-8(10)7-11(13)14;1-12-6-7-13-10-5-3-2-4-9(10)8-11(12)13;/h2-9,15H,10H2,1H3;2-8,10H,1H3;2-6,11H,7H2,1H3;2-7,11H,8H2,1H3;/q;-2;;;+2. The number of anilines is 8. The van der Waals surface area contributed by atoms with Crippen molar-refractivity contribution in [1.82, 2.24) is 9.80 Å². The van der Waals surface area contributed by atoms with Gasteiger partial charge in [0.15, 0.2) is 0 Å². The van der Waals surface area contributed by atoms with Crippen LogP contribution in [0.4, 0.5) is 54.3 Å². The van der Waals surface area contributed by atoms with Crippen LogP contribution in [0.5, 0.6) is 0 Å². The van der Waals surface area contributed by atoms with Crippen LogP contribution in [-0.4, -0.2) is 56.5 Å². The molecule has 6 aromatic rings. The molecule has 0 radical (unpaired) electrons. The molecular weight excluding hydrogens is 958 g/mol. The third-order valence-electron chi connectivity index (χ3n) is 12.6. The Bertz CT molecular complexity index is 2640. The number of hydrogen-bond acceptors (Lipinski definition) is 8. The van der Waals surface area contributed by atoms with Crippen LogP contribution in [0.15, 0.2) is 158 Å². The first-order valence-electron chi connectivity index (χ1n) is 20.8. The Hall–Kier alpha value is -6.25. The minimum atomic E-state index is -0.269. The van der Waals surface area contributed by atoms with Crippen LogP contribution in [0, 0.1) is 24.4 Å². The molecular formula is C51H48F2N8Pt. The van der Waals surface area contributed by atoms with Crippen molar-refractivity contribution in [3.63, 3.8) is 0 Å². The van der Waals surface area contributed by atoms with E-state index in [-0.39, 0.29) is 32.7 Å². The van der Waals surface area contributed by atoms with E-state index in [4.69, 9.17) is 0 Å². The van der Waals surface area contributed by atoms with Gasteiger partial charge in [-0.15, -0.1) is 23.9 Å². The zero-order valence-corrected chi connectivity index (χ0v) is 37.4. The van der Waals surface area contributed by atoms with Gasteiger partial charge in [0, 0.05) is 99.5 Å². The number of rotatable bonds is 1. The molecule has 0 spiro atoms. The van der Waals surface area contributed by atoms with Crippen LogP contribution < -0.4 is 29.4 Å². The van der Waals surface area contributed by atoms with Crippen molar-refractivity contribution < 1.29 is 29.8 Å². The second-order valence-corrected chi connectivity index (χ2v) is 16.3. The van der Waals surface area contributed by atoms with Crippen molar-refractivity contribution in [1.29, 1.82) is 0 Å². The molecule has 0 aliphatic carbocycles. The van der Waals surface area contributed by atoms with E-state index >= 15 is 0 Å². The summed E-state index contributed by atoms with van der Waals surface area (Å²) < 4.78 is 25.9. The summed E-state index contributed by atoms with van der Waals surface area (Å²) in [5.74, 6) is -0.411. The maximum Gasteiger partial charge on any atom is 2.00 e. The summed E-state index contributed by atoms with van der Waals surface area (Å²) in [5.41, 5.74) is 13.6. The van der Waals surface area contributed by atoms with E-state index in [1.54, 1.807) is 12.1 Å². The first kappa shape index (κ1) is 41.1. The molecule has 0 saturated heterocycles. The van der Waals surface area contributed by atoms with Crippen molar-refractivity contribution >= 4 is 45.5 Å². The van der Waals surface area contributed by atoms with E-state index in [9.17, 15) is 8.78 Å². The number of fused-ring (bicyclic) bond motifs is 12. The van der Waals surface area contributed by atoms with E-state index in [0.29, 0.717) is 18.5 Å². The molecule has 7 heterocycles. The van der Waals surface area contributed by atoms with Crippen LogP contribution in [0.25, 0.3) is 0 Å². The van der Waals surface area contributed by atoms with E-state index in [2.05, 4.69) is 153 Å². The van der Waals surface area contributed by atoms with Gasteiger partial charge in [0.25, 0.3) is 0 Å². The fraction of sp³-hybridized carbons (Fsp3) is 0.196. The van der Waals surface area contributed by atoms with Crippen LogP contribution >= 0.6 is 0 Å². The van der Waals surface area contributed by atoms with Gasteiger partial charge in [0.05, 0.1) is 11.4 Å². The summed E-state index contributed by atoms with van der Waals surface area (Å²) in [4.78, 5) is 17.8. The molecule has 6 aromatic carbocycles. The molecule has 0 bridgehead atoms. The SMILES string of the molecule is CN1C=CN2c3ccc(F)cc3CC12.CN1C=CN2c3ccccc3CC12.CN1[CH-]N(c2[c-]cc(F)cc2)c2ccccc21.CN1c2ccccc2N2c3ccccc3CC12.[Pt+2]. The van der Waals surface area contributed by atoms with Crippen LogP contribution in [0.3, 0.4) is 0 Å². The Kier molecular flexibility index (Phi) is 11.2. The predicted molar refractivity (Wildman–Crippen MR) is 244 cm³/mol. The van der Waals surface area contributed by atoms with E-state index in [1.807, 2.05) is 54.8 Å². The van der Waals surface area contributed by atoms with E-state index in [1.165, 1.54) is 52.1 Å². The first-order chi connectivity index (χ1) is 29.7. The Morgan fingerprint density at radius 3 is 1.68 bits per heavy atom. The molecule has 0 N–H and O–H groups in total. The number of benzene rings is 6. The van der Waals surface area contributed by atoms with Crippen molar-refractivity contribution in [3.05, 3.63) is 199 Å². The number of likely N-dealkylation sites (N-methyl/N-ethyl adjacent to an activating group) is 3. The summed E-state index contributed by atoms with van der Waals surface area (Å²) in [6.45, 7) is 1.97. The topological polar surface area (TPSA) is 25.9 Å². The van der Waals surface area contributed by atoms with Crippen LogP contribution in [-0.2, 0) is 40.3 Å². The number of hydrogen-bond donors (Lipinski definition) is 0. The summed E-state index contributed by atoms with van der Waals surface area (Å²) >= 11 is 0. The molecule has 0 amide bonds. The molecule has 0 saturated carbocycles. The Labute approximate surface area is 378 Å². The second kappa shape index (κ2) is 16.9. The molecule has 62 heavy (non-hydrogen) atoms. The maximum absolute atomic E-state index is 13.0. The van der Waals surface area contributed by atoms with Crippen LogP contribution in [0.1, 0.15) is 16.7 Å². The van der Waals surface area contributed by atoms with Gasteiger partial charge in [0.2, 0.25) is 0 Å². The average Bonchev–Trinajstić information content (AvgIpc) is 4.16. The molecule has 8 nitrogen and oxygen atoms in total. The molecule has 7 aliphatic heterocycles. The van der Waals surface area contributed by atoms with Crippen molar-refractivity contribution in [2.24, 2.45) is 0 Å². The second-order valence-electron chi connectivity index (χ2n) is 16.3. The van der Waals surface area contributed by atoms with Gasteiger partial charge in [-0.05, 0) is 78.3 Å². The molecule has 316 valence electrons. The molecule has 11 heteroatoms. The van der Waals surface area contributed by atoms with E-state index < -0.39 is 0 Å². The maximum atomic E-state index is 13.0. The number of para-hydroxylation sites is 6. The largest absolute Gasteiger partial charge is 2.00 e. The molecule has 3 unspecified atom stereocenters. The van der Waals surface area contributed by atoms with Crippen LogP contribution in [0.2, 0.25) is 0 Å². The fourth-order valence-electron chi connectivity index (χ4n) is 9.51. The quantitative estimate of drug-likeness (QED) is 0.150. The Morgan fingerprint density at radius 2 is 1.02 bits per heavy atom. The van der Waals surface area contributed by atoms with Gasteiger partial charge in [0.1, 0.15) is 24.3 Å². The minimum absolute atomic E-state index is 0. The van der Waals surface area contributed by atoms with Crippen molar-refractivity contribution in [3.8, 4) is 0 Å². The van der Waals surface area contributed by atoms with Gasteiger partial charge < -0.3 is 39.2 Å². The summed E-state index contributed by atoms with van der Waals surface area (Å²) in [6.07, 6.45) is 12.9. The molecule has 3 atom stereocenters. The van der Waals surface area contributed by atoms with Crippen molar-refractivity contribution in [2.45, 2.75) is 37.8 Å². The Balaban J connectivity index is 0.000000105. The van der Waals surface area contributed by atoms with Gasteiger partial charge in [-0.2, -0.15) is 12.7 Å². The smallest absolute Gasteiger partial charge is 0.504 e. The third kappa shape index (κ3) is 7.34. The number of halogens is 2. The van der Waals surface area contributed by atoms with Crippen molar-refractivity contribution in [2.75, 3.05) is 57.6 Å². The summed E-state index contributed by atoms with van der Waals surface area (Å²) in [5, 5.41) is 0. The zero-order chi connectivity index (χ0) is 41.8. The Morgan fingerprint density at radius 1 is 0.500 bits per heavy atom. The molecule has 0 aromatic heterocycles. The zero-order valence-electron chi connectivity index (χ0n) is 35.1. The average molecular weight is 1010 g/mol. The van der Waals surface area contributed by atoms with Gasteiger partial charge >= 0.3 is 21.1 Å². The minimum Gasteiger partial charge on any atom is -0.504 e. The third-order valence-corrected chi connectivity index (χ3v) is 12.6. The summed E-state index contributed by atoms with van der Waals surface area (Å²) in [7, 11) is 8.36. The van der Waals surface area contributed by atoms with E-state index in [0.717, 1.165) is 47.6 Å². The first-order valence-corrected chi connectivity index (χ1v) is 20.8. The normalized spacial score (nSPS) is 19.5. The van der Waals surface area contributed by atoms with Gasteiger partial charge in [-0.25, -0.2) is 4.39 Å². The fourth-order valence-corrected chi connectivity index (χ4v) is 9.51. The number of nitrogens with zero attached hydrogens (tertiary/aromatic N) is 8. The van der Waals surface area contributed by atoms with Gasteiger partial charge in [-0.3, -0.25) is 4.39 Å². The van der Waals surface area contributed by atoms with Gasteiger partial charge in [-0.1, -0.05) is 60.7 Å². The predicted octanol–water partition coefficient (Wildman–Crippen LogP) is 10.2. The summed E-state index contributed by atoms with van der Waals surface area (Å²) in [6, 6.07) is 46.6. The molecule has 13 rings (SSSR count). The molecule has 7 aliphatic rings.